The van der Waals surface area contributed by atoms with E-state index >= 15 is 0 Å². The molecule has 0 amide bonds. The Bertz CT molecular complexity index is 1550. The van der Waals surface area contributed by atoms with Crippen LogP contribution in [0.15, 0.2) is 60.9 Å². The Kier molecular flexibility index (Phi) is 6.55. The van der Waals surface area contributed by atoms with E-state index in [9.17, 15) is 9.18 Å². The van der Waals surface area contributed by atoms with Crippen LogP contribution in [0.3, 0.4) is 0 Å². The average molecular weight is 594 g/mol. The molecule has 1 aliphatic heterocycles. The minimum atomic E-state index is -0.613. The number of halogens is 2. The van der Waals surface area contributed by atoms with Crippen LogP contribution in [0.5, 0.6) is 5.75 Å². The normalized spacial score (nSPS) is 22.6. The summed E-state index contributed by atoms with van der Waals surface area (Å²) < 4.78 is 28.4. The van der Waals surface area contributed by atoms with Gasteiger partial charge in [-0.3, -0.25) is 9.58 Å². The fraction of sp³-hybridized carbons (Fsp3) is 0.345. The summed E-state index contributed by atoms with van der Waals surface area (Å²) in [6.45, 7) is 3.78. The number of aromatic nitrogens is 4. The molecule has 0 saturated heterocycles. The average Bonchev–Trinajstić information content (AvgIpc) is 3.39. The second-order valence-corrected chi connectivity index (χ2v) is 12.2. The summed E-state index contributed by atoms with van der Waals surface area (Å²) >= 11 is 3.70. The van der Waals surface area contributed by atoms with Crippen molar-refractivity contribution in [2.24, 2.45) is 7.05 Å². The van der Waals surface area contributed by atoms with Gasteiger partial charge >= 0.3 is 5.97 Å². The van der Waals surface area contributed by atoms with Gasteiger partial charge < -0.3 is 14.0 Å². The molecule has 0 spiro atoms. The van der Waals surface area contributed by atoms with E-state index < -0.39 is 4.51 Å². The number of aryl methyl sites for hydroxylation is 1. The van der Waals surface area contributed by atoms with Crippen LogP contribution in [0, 0.1) is 5.82 Å². The van der Waals surface area contributed by atoms with Gasteiger partial charge in [0, 0.05) is 67.9 Å². The minimum absolute atomic E-state index is 0.137. The first-order chi connectivity index (χ1) is 18.7. The molecule has 6 rings (SSSR count). The maximum absolute atomic E-state index is 14.0. The van der Waals surface area contributed by atoms with Crippen LogP contribution >= 0.6 is 15.9 Å². The number of hydrogen-bond acceptors (Lipinski definition) is 6. The second kappa shape index (κ2) is 9.91. The van der Waals surface area contributed by atoms with E-state index in [0.717, 1.165) is 34.6 Å². The molecule has 0 N–H and O–H groups in total. The summed E-state index contributed by atoms with van der Waals surface area (Å²) in [4.78, 5) is 14.9. The zero-order valence-corrected chi connectivity index (χ0v) is 23.6. The molecule has 1 fully saturated rings. The number of methoxy groups -OCH3 is 1. The molecule has 2 aliphatic rings. The smallest absolute Gasteiger partial charge is 0.339 e. The number of carbonyl (C=O) groups is 1. The number of alkyl halides is 1. The summed E-state index contributed by atoms with van der Waals surface area (Å²) in [5.41, 5.74) is 5.29. The molecule has 3 atom stereocenters. The largest absolute Gasteiger partial charge is 0.475 e. The summed E-state index contributed by atoms with van der Waals surface area (Å²) in [5.74, 6) is 0.392. The van der Waals surface area contributed by atoms with Gasteiger partial charge in [-0.15, -0.1) is 5.10 Å². The van der Waals surface area contributed by atoms with Gasteiger partial charge in [0.15, 0.2) is 4.51 Å². The molecular formula is C29H29BrFN5O3. The Morgan fingerprint density at radius 1 is 1.23 bits per heavy atom. The lowest BCUT2D eigenvalue weighted by Crippen LogP contribution is -2.37. The number of benzene rings is 2. The van der Waals surface area contributed by atoms with Crippen molar-refractivity contribution in [2.75, 3.05) is 13.7 Å². The molecule has 202 valence electrons. The van der Waals surface area contributed by atoms with Gasteiger partial charge in [0.2, 0.25) is 0 Å². The maximum atomic E-state index is 14.0. The molecule has 1 saturated carbocycles. The molecule has 0 bridgehead atoms. The summed E-state index contributed by atoms with van der Waals surface area (Å²) in [6, 6.07) is 14.8. The van der Waals surface area contributed by atoms with Crippen LogP contribution in [-0.4, -0.2) is 48.6 Å². The zero-order valence-electron chi connectivity index (χ0n) is 22.0. The van der Waals surface area contributed by atoms with Gasteiger partial charge in [-0.1, -0.05) is 17.3 Å². The molecule has 4 aromatic rings. The summed E-state index contributed by atoms with van der Waals surface area (Å²) in [7, 11) is 3.26. The maximum Gasteiger partial charge on any atom is 0.339 e. The fourth-order valence-corrected chi connectivity index (χ4v) is 6.12. The van der Waals surface area contributed by atoms with Crippen molar-refractivity contribution in [3.05, 3.63) is 94.8 Å². The zero-order chi connectivity index (χ0) is 27.3. The number of fused-ring (bicyclic) bond motifs is 1. The number of esters is 1. The van der Waals surface area contributed by atoms with Gasteiger partial charge in [0.05, 0.1) is 18.4 Å². The SMILES string of the molecule is COC(=O)c1ccn(-c2cccc(CN3Cc4cc(F)ccc4OC(C)(Br)C3)c2)c1[C@@H]1C[C@H]1c1cn(C)nn1. The minimum Gasteiger partial charge on any atom is -0.475 e. The first-order valence-electron chi connectivity index (χ1n) is 12.8. The third-order valence-electron chi connectivity index (χ3n) is 7.31. The number of hydrogen-bond donors (Lipinski definition) is 0. The summed E-state index contributed by atoms with van der Waals surface area (Å²) in [6.07, 6.45) is 4.75. The molecule has 0 radical (unpaired) electrons. The Morgan fingerprint density at radius 3 is 2.85 bits per heavy atom. The van der Waals surface area contributed by atoms with Gasteiger partial charge in [-0.2, -0.15) is 0 Å². The van der Waals surface area contributed by atoms with Gasteiger partial charge in [0.25, 0.3) is 0 Å². The summed E-state index contributed by atoms with van der Waals surface area (Å²) in [5, 5.41) is 8.38. The van der Waals surface area contributed by atoms with Crippen LogP contribution in [0.4, 0.5) is 4.39 Å². The predicted molar refractivity (Wildman–Crippen MR) is 147 cm³/mol. The van der Waals surface area contributed by atoms with Gasteiger partial charge in [-0.05, 0) is 71.2 Å². The quantitative estimate of drug-likeness (QED) is 0.223. The van der Waals surface area contributed by atoms with E-state index in [2.05, 4.69) is 47.8 Å². The molecule has 2 aromatic carbocycles. The molecule has 3 heterocycles. The van der Waals surface area contributed by atoms with Crippen LogP contribution < -0.4 is 4.74 Å². The van der Waals surface area contributed by atoms with Crippen molar-refractivity contribution >= 4 is 21.9 Å². The van der Waals surface area contributed by atoms with E-state index in [1.807, 2.05) is 44.6 Å². The molecule has 1 aliphatic carbocycles. The van der Waals surface area contributed by atoms with Crippen molar-refractivity contribution in [3.63, 3.8) is 0 Å². The second-order valence-electron chi connectivity index (χ2n) is 10.5. The Labute approximate surface area is 234 Å². The standard InChI is InChI=1S/C29H29BrFN5O3/c1-29(30)17-35(15-19-12-20(31)7-8-26(19)39-29)14-18-5-4-6-21(11-18)36-10-9-22(28(37)38-3)27(36)24-13-23(24)25-16-34(2)33-32-25/h4-12,16,23-24H,13-15,17H2,1-3H3/t23-,24-,29?/m1/s1. The Morgan fingerprint density at radius 2 is 2.08 bits per heavy atom. The van der Waals surface area contributed by atoms with Crippen molar-refractivity contribution in [3.8, 4) is 11.4 Å². The van der Waals surface area contributed by atoms with Crippen molar-refractivity contribution in [1.29, 1.82) is 0 Å². The third kappa shape index (κ3) is 5.23. The third-order valence-corrected chi connectivity index (χ3v) is 7.73. The van der Waals surface area contributed by atoms with Crippen molar-refractivity contribution in [1.82, 2.24) is 24.5 Å². The van der Waals surface area contributed by atoms with Gasteiger partial charge in [-0.25, -0.2) is 9.18 Å². The number of ether oxygens (including phenoxy) is 2. The molecule has 39 heavy (non-hydrogen) atoms. The lowest BCUT2D eigenvalue weighted by atomic mass is 10.1. The van der Waals surface area contributed by atoms with Crippen molar-refractivity contribution in [2.45, 2.75) is 42.8 Å². The lowest BCUT2D eigenvalue weighted by Gasteiger charge is -2.28. The highest BCUT2D eigenvalue weighted by atomic mass is 79.9. The first kappa shape index (κ1) is 25.8. The number of rotatable bonds is 6. The Hall–Kier alpha value is -3.50. The molecule has 10 heteroatoms. The van der Waals surface area contributed by atoms with Crippen LogP contribution in [-0.2, 0) is 24.9 Å². The number of carbonyl (C=O) groups excluding carboxylic acids is 1. The van der Waals surface area contributed by atoms with E-state index in [1.54, 1.807) is 10.7 Å². The van der Waals surface area contributed by atoms with E-state index in [1.165, 1.54) is 19.2 Å². The van der Waals surface area contributed by atoms with Crippen LogP contribution in [0.2, 0.25) is 0 Å². The number of nitrogens with zero attached hydrogens (tertiary/aromatic N) is 5. The fourth-order valence-electron chi connectivity index (χ4n) is 5.59. The molecular weight excluding hydrogens is 565 g/mol. The topological polar surface area (TPSA) is 74.4 Å². The highest BCUT2D eigenvalue weighted by molar-refractivity contribution is 9.10. The van der Waals surface area contributed by atoms with E-state index in [-0.39, 0.29) is 23.6 Å². The van der Waals surface area contributed by atoms with Crippen LogP contribution in [0.1, 0.15) is 58.1 Å². The van der Waals surface area contributed by atoms with Gasteiger partial charge in [0.1, 0.15) is 11.6 Å². The van der Waals surface area contributed by atoms with E-state index in [4.69, 9.17) is 9.47 Å². The highest BCUT2D eigenvalue weighted by Crippen LogP contribution is 2.55. The predicted octanol–water partition coefficient (Wildman–Crippen LogP) is 5.31. The molecule has 8 nitrogen and oxygen atoms in total. The van der Waals surface area contributed by atoms with Crippen molar-refractivity contribution < 1.29 is 18.7 Å². The lowest BCUT2D eigenvalue weighted by molar-refractivity contribution is 0.0599. The first-order valence-corrected chi connectivity index (χ1v) is 13.6. The molecule has 1 unspecified atom stereocenters. The monoisotopic (exact) mass is 593 g/mol. The highest BCUT2D eigenvalue weighted by Gasteiger charge is 2.45. The Balaban J connectivity index is 1.30. The van der Waals surface area contributed by atoms with Crippen LogP contribution in [0.25, 0.3) is 5.69 Å². The van der Waals surface area contributed by atoms with E-state index in [0.29, 0.717) is 30.9 Å². The molecule has 2 aromatic heterocycles.